The number of carbonyl (C=O) groups is 3. The van der Waals surface area contributed by atoms with Gasteiger partial charge in [-0.1, -0.05) is 6.07 Å². The molecule has 0 bridgehead atoms. The number of nitrogens with one attached hydrogen (secondary N) is 1. The topological polar surface area (TPSA) is 131 Å². The Labute approximate surface area is 157 Å². The average molecular weight is 383 g/mol. The SMILES string of the molecule is COc1ccc(C2NCC[C@@H]2C(=O)OC(C)C)cc1OC.O=C(O)C(=O)O. The predicted molar refractivity (Wildman–Crippen MR) is 94.9 cm³/mol. The van der Waals surface area contributed by atoms with Gasteiger partial charge >= 0.3 is 17.9 Å². The number of carboxylic acids is 2. The van der Waals surface area contributed by atoms with E-state index in [4.69, 9.17) is 34.0 Å². The number of hydrogen-bond donors (Lipinski definition) is 3. The van der Waals surface area contributed by atoms with Crippen LogP contribution in [-0.2, 0) is 19.1 Å². The lowest BCUT2D eigenvalue weighted by Gasteiger charge is -2.21. The van der Waals surface area contributed by atoms with Gasteiger partial charge in [0.1, 0.15) is 0 Å². The first-order chi connectivity index (χ1) is 12.7. The summed E-state index contributed by atoms with van der Waals surface area (Å²) in [5, 5.41) is 18.2. The van der Waals surface area contributed by atoms with Crippen LogP contribution in [0, 0.1) is 5.92 Å². The van der Waals surface area contributed by atoms with Crippen molar-refractivity contribution in [3.05, 3.63) is 23.8 Å². The Hall–Kier alpha value is -2.81. The van der Waals surface area contributed by atoms with Crippen LogP contribution in [0.2, 0.25) is 0 Å². The Kier molecular flexibility index (Phi) is 8.53. The molecule has 1 aliphatic rings. The molecule has 0 amide bonds. The van der Waals surface area contributed by atoms with Crippen LogP contribution in [0.3, 0.4) is 0 Å². The number of carboxylic acid groups (broad SMARTS) is 2. The van der Waals surface area contributed by atoms with Gasteiger partial charge in [0.2, 0.25) is 0 Å². The van der Waals surface area contributed by atoms with Gasteiger partial charge in [0, 0.05) is 6.04 Å². The fourth-order valence-electron chi connectivity index (χ4n) is 2.67. The van der Waals surface area contributed by atoms with Gasteiger partial charge in [-0.2, -0.15) is 0 Å². The van der Waals surface area contributed by atoms with E-state index in [-0.39, 0.29) is 24.0 Å². The molecule has 1 aromatic carbocycles. The first-order valence-electron chi connectivity index (χ1n) is 8.33. The standard InChI is InChI=1S/C16H23NO4.C2H2O4/c1-10(2)21-16(18)12-7-8-17-15(12)11-5-6-13(19-3)14(9-11)20-4;3-1(4)2(5)6/h5-6,9-10,12,15,17H,7-8H2,1-4H3;(H,3,4)(H,5,6)/t12-,15?;/m0./s1. The smallest absolute Gasteiger partial charge is 0.414 e. The van der Waals surface area contributed by atoms with E-state index in [1.807, 2.05) is 32.0 Å². The van der Waals surface area contributed by atoms with E-state index in [9.17, 15) is 4.79 Å². The monoisotopic (exact) mass is 383 g/mol. The molecule has 3 N–H and O–H groups in total. The summed E-state index contributed by atoms with van der Waals surface area (Å²) in [6.07, 6.45) is 0.689. The molecule has 150 valence electrons. The molecule has 2 rings (SSSR count). The minimum Gasteiger partial charge on any atom is -0.493 e. The molecule has 27 heavy (non-hydrogen) atoms. The zero-order valence-corrected chi connectivity index (χ0v) is 15.7. The molecule has 1 aromatic rings. The van der Waals surface area contributed by atoms with Crippen molar-refractivity contribution in [2.75, 3.05) is 20.8 Å². The normalized spacial score (nSPS) is 18.3. The van der Waals surface area contributed by atoms with Gasteiger partial charge in [-0.3, -0.25) is 4.79 Å². The third-order valence-corrected chi connectivity index (χ3v) is 3.83. The van der Waals surface area contributed by atoms with E-state index >= 15 is 0 Å². The van der Waals surface area contributed by atoms with Crippen molar-refractivity contribution in [3.8, 4) is 11.5 Å². The molecule has 0 spiro atoms. The Morgan fingerprint density at radius 1 is 1.07 bits per heavy atom. The summed E-state index contributed by atoms with van der Waals surface area (Å²) < 4.78 is 15.9. The van der Waals surface area contributed by atoms with Crippen molar-refractivity contribution in [2.45, 2.75) is 32.4 Å². The lowest BCUT2D eigenvalue weighted by atomic mass is 9.94. The van der Waals surface area contributed by atoms with E-state index in [0.29, 0.717) is 11.5 Å². The molecule has 1 fully saturated rings. The van der Waals surface area contributed by atoms with Crippen LogP contribution in [-0.4, -0.2) is 55.0 Å². The maximum absolute atomic E-state index is 12.2. The molecule has 9 nitrogen and oxygen atoms in total. The van der Waals surface area contributed by atoms with E-state index in [1.54, 1.807) is 14.2 Å². The third kappa shape index (κ3) is 6.45. The summed E-state index contributed by atoms with van der Waals surface area (Å²) in [6.45, 7) is 4.54. The molecule has 0 radical (unpaired) electrons. The van der Waals surface area contributed by atoms with Gasteiger partial charge in [0.25, 0.3) is 0 Å². The Bertz CT molecular complexity index is 661. The van der Waals surface area contributed by atoms with Crippen LogP contribution >= 0.6 is 0 Å². The Morgan fingerprint density at radius 2 is 1.67 bits per heavy atom. The maximum atomic E-state index is 12.2. The van der Waals surface area contributed by atoms with E-state index in [0.717, 1.165) is 18.5 Å². The van der Waals surface area contributed by atoms with Crippen molar-refractivity contribution < 1.29 is 38.8 Å². The van der Waals surface area contributed by atoms with Gasteiger partial charge in [0.15, 0.2) is 11.5 Å². The highest BCUT2D eigenvalue weighted by Crippen LogP contribution is 2.36. The summed E-state index contributed by atoms with van der Waals surface area (Å²) in [5.74, 6) is -2.61. The van der Waals surface area contributed by atoms with Crippen LogP contribution in [0.4, 0.5) is 0 Å². The summed E-state index contributed by atoms with van der Waals surface area (Å²) >= 11 is 0. The largest absolute Gasteiger partial charge is 0.493 e. The number of benzene rings is 1. The number of rotatable bonds is 5. The quantitative estimate of drug-likeness (QED) is 0.511. The van der Waals surface area contributed by atoms with Crippen LogP contribution in [0.25, 0.3) is 0 Å². The second-order valence-corrected chi connectivity index (χ2v) is 6.04. The van der Waals surface area contributed by atoms with Crippen molar-refractivity contribution >= 4 is 17.9 Å². The van der Waals surface area contributed by atoms with Gasteiger partial charge in [-0.15, -0.1) is 0 Å². The summed E-state index contributed by atoms with van der Waals surface area (Å²) in [5.41, 5.74) is 1.01. The number of carbonyl (C=O) groups excluding carboxylic acids is 1. The van der Waals surface area contributed by atoms with Crippen LogP contribution in [0.15, 0.2) is 18.2 Å². The zero-order chi connectivity index (χ0) is 20.6. The highest BCUT2D eigenvalue weighted by molar-refractivity contribution is 6.27. The minimum atomic E-state index is -1.82. The van der Waals surface area contributed by atoms with Crippen LogP contribution in [0.5, 0.6) is 11.5 Å². The molecule has 2 atom stereocenters. The molecular weight excluding hydrogens is 358 g/mol. The summed E-state index contributed by atoms with van der Waals surface area (Å²) in [6, 6.07) is 5.69. The number of esters is 1. The number of hydrogen-bond acceptors (Lipinski definition) is 7. The van der Waals surface area contributed by atoms with Crippen molar-refractivity contribution in [2.24, 2.45) is 5.92 Å². The van der Waals surface area contributed by atoms with E-state index in [1.165, 1.54) is 0 Å². The molecule has 0 aromatic heterocycles. The van der Waals surface area contributed by atoms with Crippen molar-refractivity contribution in [1.29, 1.82) is 0 Å². The molecule has 1 unspecified atom stereocenters. The highest BCUT2D eigenvalue weighted by atomic mass is 16.5. The van der Waals surface area contributed by atoms with E-state index in [2.05, 4.69) is 5.32 Å². The average Bonchev–Trinajstić information content (AvgIpc) is 3.10. The van der Waals surface area contributed by atoms with Gasteiger partial charge in [-0.25, -0.2) is 9.59 Å². The summed E-state index contributed by atoms with van der Waals surface area (Å²) in [7, 11) is 3.21. The predicted octanol–water partition coefficient (Wildman–Crippen LogP) is 1.46. The molecular formula is C18H25NO8. The number of ether oxygens (including phenoxy) is 3. The highest BCUT2D eigenvalue weighted by Gasteiger charge is 2.35. The molecule has 1 heterocycles. The molecule has 9 heteroatoms. The van der Waals surface area contributed by atoms with E-state index < -0.39 is 11.9 Å². The fourth-order valence-corrected chi connectivity index (χ4v) is 2.67. The molecule has 0 aliphatic carbocycles. The molecule has 1 saturated heterocycles. The second kappa shape index (κ2) is 10.4. The maximum Gasteiger partial charge on any atom is 0.414 e. The minimum absolute atomic E-state index is 0.0453. The lowest BCUT2D eigenvalue weighted by molar-refractivity contribution is -0.159. The first-order valence-corrected chi connectivity index (χ1v) is 8.33. The van der Waals surface area contributed by atoms with Gasteiger partial charge in [-0.05, 0) is 44.5 Å². The lowest BCUT2D eigenvalue weighted by Crippen LogP contribution is -2.27. The second-order valence-electron chi connectivity index (χ2n) is 6.04. The molecule has 1 aliphatic heterocycles. The number of aliphatic carboxylic acids is 2. The number of methoxy groups -OCH3 is 2. The van der Waals surface area contributed by atoms with Crippen molar-refractivity contribution in [3.63, 3.8) is 0 Å². The first kappa shape index (κ1) is 22.2. The summed E-state index contributed by atoms with van der Waals surface area (Å²) in [4.78, 5) is 30.4. The molecule has 0 saturated carbocycles. The van der Waals surface area contributed by atoms with Gasteiger partial charge in [0.05, 0.1) is 26.2 Å². The van der Waals surface area contributed by atoms with Crippen LogP contribution in [0.1, 0.15) is 31.9 Å². The van der Waals surface area contributed by atoms with Crippen molar-refractivity contribution in [1.82, 2.24) is 5.32 Å². The zero-order valence-electron chi connectivity index (χ0n) is 15.7. The van der Waals surface area contributed by atoms with Crippen LogP contribution < -0.4 is 14.8 Å². The Morgan fingerprint density at radius 3 is 2.15 bits per heavy atom. The third-order valence-electron chi connectivity index (χ3n) is 3.83. The van der Waals surface area contributed by atoms with Gasteiger partial charge < -0.3 is 29.7 Å². The fraction of sp³-hybridized carbons (Fsp3) is 0.500. The Balaban J connectivity index is 0.000000527.